The largest absolute Gasteiger partial charge is 0.313 e. The SMILES string of the molecule is Cl/C=C/CNCC1CCSC1. The fraction of sp³-hybridized carbons (Fsp3) is 0.750. The number of hydrogen-bond donors (Lipinski definition) is 1. The van der Waals surface area contributed by atoms with Crippen molar-refractivity contribution in [2.75, 3.05) is 24.6 Å². The molecule has 3 heteroatoms. The molecule has 1 atom stereocenters. The van der Waals surface area contributed by atoms with Crippen LogP contribution in [0.1, 0.15) is 6.42 Å². The van der Waals surface area contributed by atoms with Gasteiger partial charge in [0.05, 0.1) is 0 Å². The van der Waals surface area contributed by atoms with Crippen molar-refractivity contribution in [3.63, 3.8) is 0 Å². The lowest BCUT2D eigenvalue weighted by atomic mass is 10.1. The molecule has 0 bridgehead atoms. The Morgan fingerprint density at radius 2 is 2.55 bits per heavy atom. The van der Waals surface area contributed by atoms with Gasteiger partial charge in [-0.1, -0.05) is 17.7 Å². The Balaban J connectivity index is 1.93. The summed E-state index contributed by atoms with van der Waals surface area (Å²) >= 11 is 7.43. The molecule has 1 rings (SSSR count). The van der Waals surface area contributed by atoms with Gasteiger partial charge in [0, 0.05) is 12.1 Å². The Bertz CT molecular complexity index is 121. The second-order valence-electron chi connectivity index (χ2n) is 2.75. The molecule has 1 heterocycles. The van der Waals surface area contributed by atoms with Gasteiger partial charge in [0.1, 0.15) is 0 Å². The molecule has 1 fully saturated rings. The van der Waals surface area contributed by atoms with Crippen LogP contribution in [0.4, 0.5) is 0 Å². The first kappa shape index (κ1) is 9.43. The van der Waals surface area contributed by atoms with Crippen LogP contribution in [0.5, 0.6) is 0 Å². The summed E-state index contributed by atoms with van der Waals surface area (Å²) in [5.74, 6) is 3.57. The minimum atomic E-state index is 0.892. The van der Waals surface area contributed by atoms with E-state index in [0.717, 1.165) is 19.0 Å². The lowest BCUT2D eigenvalue weighted by Crippen LogP contribution is -2.22. The maximum absolute atomic E-state index is 5.37. The second kappa shape index (κ2) is 5.92. The van der Waals surface area contributed by atoms with Gasteiger partial charge in [0.15, 0.2) is 0 Å². The zero-order valence-electron chi connectivity index (χ0n) is 6.55. The van der Waals surface area contributed by atoms with Crippen LogP contribution in [0.3, 0.4) is 0 Å². The smallest absolute Gasteiger partial charge is 0.0146 e. The molecule has 0 aromatic heterocycles. The predicted octanol–water partition coefficient (Wildman–Crippen LogP) is 2.08. The molecule has 11 heavy (non-hydrogen) atoms. The van der Waals surface area contributed by atoms with Crippen LogP contribution in [0, 0.1) is 5.92 Å². The van der Waals surface area contributed by atoms with E-state index >= 15 is 0 Å². The molecule has 1 aliphatic rings. The highest BCUT2D eigenvalue weighted by Gasteiger charge is 2.13. The lowest BCUT2D eigenvalue weighted by Gasteiger charge is -2.07. The van der Waals surface area contributed by atoms with Gasteiger partial charge >= 0.3 is 0 Å². The van der Waals surface area contributed by atoms with Crippen molar-refractivity contribution in [3.8, 4) is 0 Å². The Kier molecular flexibility index (Phi) is 5.08. The maximum Gasteiger partial charge on any atom is 0.0146 e. The molecular formula is C8H14ClNS. The summed E-state index contributed by atoms with van der Waals surface area (Å²) < 4.78 is 0. The van der Waals surface area contributed by atoms with Gasteiger partial charge in [-0.3, -0.25) is 0 Å². The average Bonchev–Trinajstić information content (AvgIpc) is 2.50. The van der Waals surface area contributed by atoms with E-state index in [1.807, 2.05) is 6.08 Å². The third kappa shape index (κ3) is 4.04. The van der Waals surface area contributed by atoms with Gasteiger partial charge in [-0.25, -0.2) is 0 Å². The van der Waals surface area contributed by atoms with Gasteiger partial charge in [-0.2, -0.15) is 11.8 Å². The molecule has 1 nitrogen and oxygen atoms in total. The zero-order valence-corrected chi connectivity index (χ0v) is 8.13. The van der Waals surface area contributed by atoms with Gasteiger partial charge in [-0.15, -0.1) is 0 Å². The van der Waals surface area contributed by atoms with Crippen molar-refractivity contribution in [3.05, 3.63) is 11.6 Å². The summed E-state index contributed by atoms with van der Waals surface area (Å²) in [6, 6.07) is 0. The van der Waals surface area contributed by atoms with Crippen LogP contribution in [0.25, 0.3) is 0 Å². The Labute approximate surface area is 77.6 Å². The Morgan fingerprint density at radius 3 is 3.18 bits per heavy atom. The van der Waals surface area contributed by atoms with Crippen LogP contribution < -0.4 is 5.32 Å². The van der Waals surface area contributed by atoms with E-state index in [4.69, 9.17) is 11.6 Å². The molecule has 0 aromatic rings. The molecular weight excluding hydrogens is 178 g/mol. The lowest BCUT2D eigenvalue weighted by molar-refractivity contribution is 0.543. The molecule has 64 valence electrons. The molecule has 0 saturated carbocycles. The van der Waals surface area contributed by atoms with E-state index in [0.29, 0.717) is 0 Å². The standard InChI is InChI=1S/C8H14ClNS/c9-3-1-4-10-6-8-2-5-11-7-8/h1,3,8,10H,2,4-7H2/b3-1+. The monoisotopic (exact) mass is 191 g/mol. The molecule has 1 N–H and O–H groups in total. The molecule has 0 amide bonds. The second-order valence-corrected chi connectivity index (χ2v) is 4.15. The van der Waals surface area contributed by atoms with E-state index in [1.165, 1.54) is 17.9 Å². The van der Waals surface area contributed by atoms with Crippen LogP contribution in [-0.4, -0.2) is 24.6 Å². The van der Waals surface area contributed by atoms with Crippen LogP contribution in [-0.2, 0) is 0 Å². The fourth-order valence-electron chi connectivity index (χ4n) is 1.16. The van der Waals surface area contributed by atoms with Gasteiger partial charge in [-0.05, 0) is 30.4 Å². The number of hydrogen-bond acceptors (Lipinski definition) is 2. The van der Waals surface area contributed by atoms with Gasteiger partial charge < -0.3 is 5.32 Å². The van der Waals surface area contributed by atoms with Crippen molar-refractivity contribution < 1.29 is 0 Å². The van der Waals surface area contributed by atoms with Crippen LogP contribution >= 0.6 is 23.4 Å². The number of halogens is 1. The molecule has 0 spiro atoms. The molecule has 0 aliphatic carbocycles. The third-order valence-electron chi connectivity index (χ3n) is 1.81. The first-order valence-corrected chi connectivity index (χ1v) is 5.56. The first-order chi connectivity index (χ1) is 5.43. The topological polar surface area (TPSA) is 12.0 Å². The van der Waals surface area contributed by atoms with Crippen molar-refractivity contribution in [2.24, 2.45) is 5.92 Å². The molecule has 1 saturated heterocycles. The van der Waals surface area contributed by atoms with Gasteiger partial charge in [0.2, 0.25) is 0 Å². The van der Waals surface area contributed by atoms with E-state index < -0.39 is 0 Å². The van der Waals surface area contributed by atoms with E-state index in [2.05, 4.69) is 17.1 Å². The summed E-state index contributed by atoms with van der Waals surface area (Å²) in [4.78, 5) is 0. The highest BCUT2D eigenvalue weighted by Crippen LogP contribution is 2.22. The summed E-state index contributed by atoms with van der Waals surface area (Å²) in [6.45, 7) is 2.05. The minimum Gasteiger partial charge on any atom is -0.313 e. The highest BCUT2D eigenvalue weighted by atomic mass is 35.5. The highest BCUT2D eigenvalue weighted by molar-refractivity contribution is 7.99. The summed E-state index contributed by atoms with van der Waals surface area (Å²) in [5, 5.41) is 3.34. The van der Waals surface area contributed by atoms with E-state index in [1.54, 1.807) is 5.54 Å². The summed E-state index contributed by atoms with van der Waals surface area (Å²) in [5.41, 5.74) is 1.57. The predicted molar refractivity (Wildman–Crippen MR) is 53.3 cm³/mol. The van der Waals surface area contributed by atoms with Crippen LogP contribution in [0.2, 0.25) is 0 Å². The maximum atomic E-state index is 5.37. The zero-order chi connectivity index (χ0) is 7.94. The molecule has 1 aliphatic heterocycles. The van der Waals surface area contributed by atoms with Crippen molar-refractivity contribution in [1.82, 2.24) is 5.32 Å². The normalized spacial score (nSPS) is 25.0. The first-order valence-electron chi connectivity index (χ1n) is 3.97. The Morgan fingerprint density at radius 1 is 1.64 bits per heavy atom. The number of nitrogens with one attached hydrogen (secondary N) is 1. The minimum absolute atomic E-state index is 0.892. The molecule has 0 aromatic carbocycles. The van der Waals surface area contributed by atoms with E-state index in [-0.39, 0.29) is 0 Å². The van der Waals surface area contributed by atoms with Gasteiger partial charge in [0.25, 0.3) is 0 Å². The Hall–Kier alpha value is 0.340. The van der Waals surface area contributed by atoms with Crippen molar-refractivity contribution in [1.29, 1.82) is 0 Å². The van der Waals surface area contributed by atoms with Crippen molar-refractivity contribution >= 4 is 23.4 Å². The number of thioether (sulfide) groups is 1. The quantitative estimate of drug-likeness (QED) is 0.683. The fourth-order valence-corrected chi connectivity index (χ4v) is 2.53. The van der Waals surface area contributed by atoms with E-state index in [9.17, 15) is 0 Å². The number of rotatable bonds is 4. The van der Waals surface area contributed by atoms with Crippen molar-refractivity contribution in [2.45, 2.75) is 6.42 Å². The summed E-state index contributed by atoms with van der Waals surface area (Å²) in [7, 11) is 0. The average molecular weight is 192 g/mol. The third-order valence-corrected chi connectivity index (χ3v) is 3.22. The van der Waals surface area contributed by atoms with Crippen LogP contribution in [0.15, 0.2) is 11.6 Å². The molecule has 1 unspecified atom stereocenters. The summed E-state index contributed by atoms with van der Waals surface area (Å²) in [6.07, 6.45) is 3.31. The molecule has 0 radical (unpaired) electrons.